The second-order valence-corrected chi connectivity index (χ2v) is 6.11. The monoisotopic (exact) mass is 310 g/mol. The minimum Gasteiger partial charge on any atom is -0.358 e. The standard InChI is InChI=1S/C18H22N4O/c1-12(11-22-9-8-19-14(22)3)10-20-18(23)17-13(2)21-16-7-5-4-6-15(16)17/h4-9,12,21H,10-11H2,1-3H3,(H,20,23)/t12-/m0/s1. The lowest BCUT2D eigenvalue weighted by molar-refractivity contribution is 0.0948. The van der Waals surface area contributed by atoms with E-state index in [0.717, 1.165) is 34.5 Å². The average Bonchev–Trinajstić information content (AvgIpc) is 3.07. The van der Waals surface area contributed by atoms with E-state index in [-0.39, 0.29) is 5.91 Å². The van der Waals surface area contributed by atoms with E-state index >= 15 is 0 Å². The SMILES string of the molecule is Cc1[nH]c2ccccc2c1C(=O)NC[C@H](C)Cn1ccnc1C. The number of carbonyl (C=O) groups is 1. The maximum Gasteiger partial charge on any atom is 0.253 e. The van der Waals surface area contributed by atoms with Crippen LogP contribution in [0.4, 0.5) is 0 Å². The fraction of sp³-hybridized carbons (Fsp3) is 0.333. The third kappa shape index (κ3) is 3.13. The summed E-state index contributed by atoms with van der Waals surface area (Å²) in [4.78, 5) is 20.1. The maximum absolute atomic E-state index is 12.6. The van der Waals surface area contributed by atoms with Crippen molar-refractivity contribution in [1.29, 1.82) is 0 Å². The molecule has 2 N–H and O–H groups in total. The summed E-state index contributed by atoms with van der Waals surface area (Å²) in [6.07, 6.45) is 3.77. The van der Waals surface area contributed by atoms with Gasteiger partial charge in [-0.1, -0.05) is 25.1 Å². The van der Waals surface area contributed by atoms with Gasteiger partial charge in [0.25, 0.3) is 5.91 Å². The molecule has 0 aliphatic carbocycles. The topological polar surface area (TPSA) is 62.7 Å². The van der Waals surface area contributed by atoms with Crippen molar-refractivity contribution in [2.75, 3.05) is 6.54 Å². The van der Waals surface area contributed by atoms with Gasteiger partial charge in [-0.2, -0.15) is 0 Å². The van der Waals surface area contributed by atoms with Crippen LogP contribution in [0.25, 0.3) is 10.9 Å². The van der Waals surface area contributed by atoms with Crippen molar-refractivity contribution in [3.8, 4) is 0 Å². The molecule has 2 aromatic heterocycles. The summed E-state index contributed by atoms with van der Waals surface area (Å²) in [5.74, 6) is 1.31. The van der Waals surface area contributed by atoms with Gasteiger partial charge in [0.2, 0.25) is 0 Å². The normalized spacial score (nSPS) is 12.5. The second-order valence-electron chi connectivity index (χ2n) is 6.11. The van der Waals surface area contributed by atoms with Crippen molar-refractivity contribution in [3.63, 3.8) is 0 Å². The first-order valence-electron chi connectivity index (χ1n) is 7.89. The number of aromatic nitrogens is 3. The summed E-state index contributed by atoms with van der Waals surface area (Å²) in [7, 11) is 0. The molecule has 120 valence electrons. The number of rotatable bonds is 5. The fourth-order valence-corrected chi connectivity index (χ4v) is 2.92. The zero-order valence-corrected chi connectivity index (χ0v) is 13.8. The number of fused-ring (bicyclic) bond motifs is 1. The van der Waals surface area contributed by atoms with Crippen molar-refractivity contribution in [1.82, 2.24) is 19.9 Å². The van der Waals surface area contributed by atoms with Crippen LogP contribution in [-0.4, -0.2) is 27.0 Å². The molecule has 5 heteroatoms. The number of hydrogen-bond acceptors (Lipinski definition) is 2. The maximum atomic E-state index is 12.6. The highest BCUT2D eigenvalue weighted by molar-refractivity contribution is 6.08. The molecule has 0 spiro atoms. The van der Waals surface area contributed by atoms with E-state index in [1.165, 1.54) is 0 Å². The first-order chi connectivity index (χ1) is 11.1. The van der Waals surface area contributed by atoms with Crippen LogP contribution in [0.15, 0.2) is 36.7 Å². The lowest BCUT2D eigenvalue weighted by atomic mass is 10.1. The molecule has 3 rings (SSSR count). The highest BCUT2D eigenvalue weighted by Gasteiger charge is 2.16. The Morgan fingerprint density at radius 1 is 1.35 bits per heavy atom. The zero-order chi connectivity index (χ0) is 16.4. The van der Waals surface area contributed by atoms with Gasteiger partial charge in [-0.3, -0.25) is 4.79 Å². The van der Waals surface area contributed by atoms with E-state index in [9.17, 15) is 4.79 Å². The van der Waals surface area contributed by atoms with Gasteiger partial charge >= 0.3 is 0 Å². The first kappa shape index (κ1) is 15.3. The highest BCUT2D eigenvalue weighted by Crippen LogP contribution is 2.21. The van der Waals surface area contributed by atoms with Gasteiger partial charge in [-0.25, -0.2) is 4.98 Å². The molecular formula is C18H22N4O. The first-order valence-corrected chi connectivity index (χ1v) is 7.89. The van der Waals surface area contributed by atoms with Crippen LogP contribution in [-0.2, 0) is 6.54 Å². The predicted octanol–water partition coefficient (Wildman–Crippen LogP) is 3.05. The van der Waals surface area contributed by atoms with E-state index < -0.39 is 0 Å². The van der Waals surface area contributed by atoms with Crippen LogP contribution >= 0.6 is 0 Å². The Hall–Kier alpha value is -2.56. The molecule has 2 heterocycles. The summed E-state index contributed by atoms with van der Waals surface area (Å²) >= 11 is 0. The Labute approximate surface area is 135 Å². The summed E-state index contributed by atoms with van der Waals surface area (Å²) < 4.78 is 2.10. The van der Waals surface area contributed by atoms with Crippen LogP contribution in [0.2, 0.25) is 0 Å². The molecule has 23 heavy (non-hydrogen) atoms. The van der Waals surface area contributed by atoms with Gasteiger partial charge < -0.3 is 14.9 Å². The van der Waals surface area contributed by atoms with E-state index in [2.05, 4.69) is 26.8 Å². The van der Waals surface area contributed by atoms with E-state index in [4.69, 9.17) is 0 Å². The van der Waals surface area contributed by atoms with Crippen molar-refractivity contribution >= 4 is 16.8 Å². The number of imidazole rings is 1. The lowest BCUT2D eigenvalue weighted by Gasteiger charge is -2.14. The van der Waals surface area contributed by atoms with Crippen molar-refractivity contribution in [2.45, 2.75) is 27.3 Å². The number of nitrogens with one attached hydrogen (secondary N) is 2. The smallest absolute Gasteiger partial charge is 0.253 e. The van der Waals surface area contributed by atoms with Crippen LogP contribution in [0.5, 0.6) is 0 Å². The summed E-state index contributed by atoms with van der Waals surface area (Å²) in [5, 5.41) is 4.03. The number of nitrogens with zero attached hydrogens (tertiary/aromatic N) is 2. The Morgan fingerprint density at radius 2 is 2.13 bits per heavy atom. The Balaban J connectivity index is 1.67. The van der Waals surface area contributed by atoms with E-state index in [1.807, 2.05) is 44.3 Å². The molecule has 0 unspecified atom stereocenters. The van der Waals surface area contributed by atoms with Gasteiger partial charge in [0.05, 0.1) is 5.56 Å². The molecule has 3 aromatic rings. The summed E-state index contributed by atoms with van der Waals surface area (Å²) in [6.45, 7) is 7.53. The highest BCUT2D eigenvalue weighted by atomic mass is 16.1. The number of hydrogen-bond donors (Lipinski definition) is 2. The van der Waals surface area contributed by atoms with E-state index in [0.29, 0.717) is 12.5 Å². The molecule has 0 fully saturated rings. The Morgan fingerprint density at radius 3 is 2.87 bits per heavy atom. The quantitative estimate of drug-likeness (QED) is 0.761. The predicted molar refractivity (Wildman–Crippen MR) is 91.5 cm³/mol. The number of benzene rings is 1. The Kier molecular flexibility index (Phi) is 4.19. The number of carbonyl (C=O) groups excluding carboxylic acids is 1. The summed E-state index contributed by atoms with van der Waals surface area (Å²) in [6, 6.07) is 7.89. The third-order valence-corrected chi connectivity index (χ3v) is 4.16. The number of H-pyrrole nitrogens is 1. The third-order valence-electron chi connectivity index (χ3n) is 4.16. The Bertz CT molecular complexity index is 831. The number of aryl methyl sites for hydroxylation is 2. The molecule has 0 saturated heterocycles. The fourth-order valence-electron chi connectivity index (χ4n) is 2.92. The zero-order valence-electron chi connectivity index (χ0n) is 13.8. The van der Waals surface area contributed by atoms with Gasteiger partial charge in [-0.15, -0.1) is 0 Å². The molecule has 0 saturated carbocycles. The van der Waals surface area contributed by atoms with Crippen LogP contribution in [0.3, 0.4) is 0 Å². The second kappa shape index (κ2) is 6.28. The van der Waals surface area contributed by atoms with Gasteiger partial charge in [0.1, 0.15) is 5.82 Å². The minimum absolute atomic E-state index is 0.0193. The molecule has 1 atom stereocenters. The molecule has 0 aliphatic rings. The molecule has 1 amide bonds. The average molecular weight is 310 g/mol. The van der Waals surface area contributed by atoms with Crippen LogP contribution < -0.4 is 5.32 Å². The van der Waals surface area contributed by atoms with E-state index in [1.54, 1.807) is 6.20 Å². The minimum atomic E-state index is -0.0193. The molecule has 0 aliphatic heterocycles. The molecule has 0 radical (unpaired) electrons. The molecular weight excluding hydrogens is 288 g/mol. The van der Waals surface area contributed by atoms with Gasteiger partial charge in [-0.05, 0) is 25.8 Å². The van der Waals surface area contributed by atoms with Gasteiger partial charge in [0, 0.05) is 42.1 Å². The van der Waals surface area contributed by atoms with Gasteiger partial charge in [0.15, 0.2) is 0 Å². The van der Waals surface area contributed by atoms with Crippen LogP contribution in [0.1, 0.15) is 28.8 Å². The summed E-state index contributed by atoms with van der Waals surface area (Å²) in [5.41, 5.74) is 2.64. The molecule has 0 bridgehead atoms. The number of aromatic amines is 1. The number of para-hydroxylation sites is 1. The van der Waals surface area contributed by atoms with Crippen molar-refractivity contribution in [3.05, 3.63) is 53.7 Å². The lowest BCUT2D eigenvalue weighted by Crippen LogP contribution is -2.30. The molecule has 5 nitrogen and oxygen atoms in total. The van der Waals surface area contributed by atoms with Crippen molar-refractivity contribution in [2.24, 2.45) is 5.92 Å². The van der Waals surface area contributed by atoms with Crippen molar-refractivity contribution < 1.29 is 4.79 Å². The number of amides is 1. The largest absolute Gasteiger partial charge is 0.358 e. The molecule has 1 aromatic carbocycles. The van der Waals surface area contributed by atoms with Crippen LogP contribution in [0, 0.1) is 19.8 Å².